The average Bonchev–Trinajstić information content (AvgIpc) is 2.42. The molecular formula is C15H25IN4O. The van der Waals surface area contributed by atoms with Crippen molar-refractivity contribution in [3.63, 3.8) is 0 Å². The molecule has 0 aromatic carbocycles. The van der Waals surface area contributed by atoms with Crippen LogP contribution in [-0.4, -0.2) is 24.1 Å². The van der Waals surface area contributed by atoms with Gasteiger partial charge in [-0.3, -0.25) is 0 Å². The van der Waals surface area contributed by atoms with Gasteiger partial charge in [-0.25, -0.2) is 9.98 Å². The molecule has 1 aromatic rings. The van der Waals surface area contributed by atoms with Gasteiger partial charge in [0, 0.05) is 18.3 Å². The van der Waals surface area contributed by atoms with Gasteiger partial charge in [0.2, 0.25) is 5.88 Å². The fraction of sp³-hybridized carbons (Fsp3) is 0.600. The second kappa shape index (κ2) is 9.81. The lowest BCUT2D eigenvalue weighted by Gasteiger charge is -2.25. The molecule has 5 nitrogen and oxygen atoms in total. The molecule has 0 bridgehead atoms. The Morgan fingerprint density at radius 2 is 2.33 bits per heavy atom. The Balaban J connectivity index is 0.00000220. The molecule has 0 amide bonds. The highest BCUT2D eigenvalue weighted by Crippen LogP contribution is 2.25. The molecule has 0 atom stereocenters. The normalized spacial score (nSPS) is 15.0. The van der Waals surface area contributed by atoms with E-state index in [-0.39, 0.29) is 24.0 Å². The zero-order chi connectivity index (χ0) is 14.2. The fourth-order valence-corrected chi connectivity index (χ4v) is 2.05. The van der Waals surface area contributed by atoms with Crippen LogP contribution >= 0.6 is 24.0 Å². The molecule has 1 aliphatic carbocycles. The summed E-state index contributed by atoms with van der Waals surface area (Å²) >= 11 is 0. The molecule has 2 rings (SSSR count). The van der Waals surface area contributed by atoms with Crippen molar-refractivity contribution >= 4 is 29.9 Å². The van der Waals surface area contributed by atoms with Gasteiger partial charge in [-0.05, 0) is 31.2 Å². The van der Waals surface area contributed by atoms with Crippen LogP contribution < -0.4 is 15.8 Å². The molecule has 0 unspecified atom stereocenters. The Hall–Kier alpha value is -1.05. The number of rotatable bonds is 7. The first-order chi connectivity index (χ1) is 9.79. The Labute approximate surface area is 143 Å². The lowest BCUT2D eigenvalue weighted by atomic mass is 9.85. The summed E-state index contributed by atoms with van der Waals surface area (Å²) in [5.74, 6) is 1.93. The second-order valence-electron chi connectivity index (χ2n) is 5.20. The number of aromatic nitrogens is 1. The summed E-state index contributed by atoms with van der Waals surface area (Å²) in [6, 6.07) is 3.86. The third-order valence-corrected chi connectivity index (χ3v) is 3.51. The van der Waals surface area contributed by atoms with Crippen LogP contribution in [0.15, 0.2) is 23.3 Å². The number of guanidine groups is 1. The first kappa shape index (κ1) is 18.0. The van der Waals surface area contributed by atoms with E-state index in [1.54, 1.807) is 6.20 Å². The minimum atomic E-state index is 0. The van der Waals surface area contributed by atoms with E-state index in [4.69, 9.17) is 10.5 Å². The maximum atomic E-state index is 5.88. The molecule has 0 radical (unpaired) electrons. The van der Waals surface area contributed by atoms with E-state index in [1.165, 1.54) is 19.3 Å². The maximum absolute atomic E-state index is 5.88. The summed E-state index contributed by atoms with van der Waals surface area (Å²) in [6.45, 7) is 4.17. The van der Waals surface area contributed by atoms with Gasteiger partial charge < -0.3 is 15.8 Å². The highest BCUT2D eigenvalue weighted by Gasteiger charge is 2.16. The maximum Gasteiger partial charge on any atom is 0.218 e. The van der Waals surface area contributed by atoms with Gasteiger partial charge in [0.1, 0.15) is 0 Å². The van der Waals surface area contributed by atoms with E-state index in [2.05, 4.69) is 22.2 Å². The number of aliphatic imine (C=N–C) groups is 1. The van der Waals surface area contributed by atoms with Crippen molar-refractivity contribution in [1.29, 1.82) is 0 Å². The number of halogens is 1. The number of hydrogen-bond acceptors (Lipinski definition) is 3. The third kappa shape index (κ3) is 6.07. The monoisotopic (exact) mass is 404 g/mol. The van der Waals surface area contributed by atoms with E-state index >= 15 is 0 Å². The number of pyridine rings is 1. The van der Waals surface area contributed by atoms with Crippen LogP contribution in [0.2, 0.25) is 0 Å². The average molecular weight is 404 g/mol. The zero-order valence-corrected chi connectivity index (χ0v) is 14.9. The molecule has 118 valence electrons. The highest BCUT2D eigenvalue weighted by atomic mass is 127. The van der Waals surface area contributed by atoms with Gasteiger partial charge in [-0.1, -0.05) is 19.4 Å². The van der Waals surface area contributed by atoms with Crippen molar-refractivity contribution in [3.05, 3.63) is 23.9 Å². The molecule has 1 saturated carbocycles. The summed E-state index contributed by atoms with van der Waals surface area (Å²) < 4.78 is 5.60. The van der Waals surface area contributed by atoms with Gasteiger partial charge >= 0.3 is 0 Å². The fourth-order valence-electron chi connectivity index (χ4n) is 2.05. The first-order valence-electron chi connectivity index (χ1n) is 7.40. The molecule has 6 heteroatoms. The molecule has 0 saturated heterocycles. The van der Waals surface area contributed by atoms with Gasteiger partial charge in [-0.2, -0.15) is 0 Å². The second-order valence-corrected chi connectivity index (χ2v) is 5.20. The minimum absolute atomic E-state index is 0. The SMILES string of the molecule is CCCOc1ncccc1CN=C(N)NCC1CCC1.I. The lowest BCUT2D eigenvalue weighted by molar-refractivity contribution is 0.302. The van der Waals surface area contributed by atoms with Gasteiger partial charge in [0.05, 0.1) is 13.2 Å². The molecule has 21 heavy (non-hydrogen) atoms. The number of nitrogens with one attached hydrogen (secondary N) is 1. The van der Waals surface area contributed by atoms with E-state index in [9.17, 15) is 0 Å². The van der Waals surface area contributed by atoms with Crippen molar-refractivity contribution in [2.75, 3.05) is 13.2 Å². The predicted molar refractivity (Wildman–Crippen MR) is 96.1 cm³/mol. The third-order valence-electron chi connectivity index (χ3n) is 3.51. The van der Waals surface area contributed by atoms with Crippen LogP contribution in [0.1, 0.15) is 38.2 Å². The molecule has 0 spiro atoms. The standard InChI is InChI=1S/C15H24N4O.HI/c1-2-9-20-14-13(7-4-8-17-14)11-19-15(16)18-10-12-5-3-6-12;/h4,7-8,12H,2-3,5-6,9-11H2,1H3,(H3,16,18,19);1H. The van der Waals surface area contributed by atoms with Crippen LogP contribution in [0.4, 0.5) is 0 Å². The van der Waals surface area contributed by atoms with E-state index in [0.29, 0.717) is 25.0 Å². The molecule has 1 aliphatic rings. The summed E-state index contributed by atoms with van der Waals surface area (Å²) in [4.78, 5) is 8.59. The first-order valence-corrected chi connectivity index (χ1v) is 7.40. The predicted octanol–water partition coefficient (Wildman–Crippen LogP) is 2.69. The molecule has 1 fully saturated rings. The minimum Gasteiger partial charge on any atom is -0.477 e. The Bertz CT molecular complexity index is 449. The molecule has 3 N–H and O–H groups in total. The lowest BCUT2D eigenvalue weighted by Crippen LogP contribution is -2.37. The summed E-state index contributed by atoms with van der Waals surface area (Å²) in [5, 5.41) is 3.18. The quantitative estimate of drug-likeness (QED) is 0.417. The van der Waals surface area contributed by atoms with Crippen molar-refractivity contribution in [3.8, 4) is 5.88 Å². The molecule has 1 aromatic heterocycles. The Morgan fingerprint density at radius 1 is 1.52 bits per heavy atom. The number of nitrogens with two attached hydrogens (primary N) is 1. The summed E-state index contributed by atoms with van der Waals surface area (Å²) in [6.07, 6.45) is 6.65. The van der Waals surface area contributed by atoms with Crippen LogP contribution in [0.5, 0.6) is 5.88 Å². The number of hydrogen-bond donors (Lipinski definition) is 2. The molecule has 0 aliphatic heterocycles. The van der Waals surface area contributed by atoms with Crippen molar-refractivity contribution < 1.29 is 4.74 Å². The topological polar surface area (TPSA) is 72.5 Å². The molecular weight excluding hydrogens is 379 g/mol. The summed E-state index contributed by atoms with van der Waals surface area (Å²) in [5.41, 5.74) is 6.84. The van der Waals surface area contributed by atoms with E-state index in [1.807, 2.05) is 12.1 Å². The zero-order valence-electron chi connectivity index (χ0n) is 12.5. The van der Waals surface area contributed by atoms with Crippen molar-refractivity contribution in [2.45, 2.75) is 39.2 Å². The van der Waals surface area contributed by atoms with Crippen LogP contribution in [0, 0.1) is 5.92 Å². The van der Waals surface area contributed by atoms with Crippen molar-refractivity contribution in [1.82, 2.24) is 10.3 Å². The number of ether oxygens (including phenoxy) is 1. The van der Waals surface area contributed by atoms with Gasteiger partial charge in [0.25, 0.3) is 0 Å². The Kier molecular flexibility index (Phi) is 8.41. The number of nitrogens with zero attached hydrogens (tertiary/aromatic N) is 2. The van der Waals surface area contributed by atoms with Crippen LogP contribution in [0.25, 0.3) is 0 Å². The summed E-state index contributed by atoms with van der Waals surface area (Å²) in [7, 11) is 0. The molecule has 1 heterocycles. The van der Waals surface area contributed by atoms with E-state index < -0.39 is 0 Å². The smallest absolute Gasteiger partial charge is 0.218 e. The van der Waals surface area contributed by atoms with Crippen LogP contribution in [0.3, 0.4) is 0 Å². The largest absolute Gasteiger partial charge is 0.477 e. The Morgan fingerprint density at radius 3 is 3.00 bits per heavy atom. The van der Waals surface area contributed by atoms with Gasteiger partial charge in [0.15, 0.2) is 5.96 Å². The van der Waals surface area contributed by atoms with Crippen LogP contribution in [-0.2, 0) is 6.54 Å². The van der Waals surface area contributed by atoms with E-state index in [0.717, 1.165) is 24.4 Å². The highest BCUT2D eigenvalue weighted by molar-refractivity contribution is 14.0. The van der Waals surface area contributed by atoms with Gasteiger partial charge in [-0.15, -0.1) is 24.0 Å². The van der Waals surface area contributed by atoms with Crippen molar-refractivity contribution in [2.24, 2.45) is 16.6 Å².